The molecule has 0 amide bonds. The smallest absolute Gasteiger partial charge is 0.209 e. The number of nitrogens with two attached hydrogens (primary N) is 1. The number of hydrogen-bond acceptors (Lipinski definition) is 7. The Morgan fingerprint density at radius 2 is 1.79 bits per heavy atom. The highest BCUT2D eigenvalue weighted by molar-refractivity contribution is 7.88. The van der Waals surface area contributed by atoms with Crippen LogP contribution in [0.3, 0.4) is 0 Å². The highest BCUT2D eigenvalue weighted by Crippen LogP contribution is 2.33. The average molecular weight is 529 g/mol. The number of aromatic nitrogens is 6. The van der Waals surface area contributed by atoms with Crippen molar-refractivity contribution in [1.29, 1.82) is 0 Å². The van der Waals surface area contributed by atoms with Crippen LogP contribution in [0.1, 0.15) is 5.56 Å². The van der Waals surface area contributed by atoms with Gasteiger partial charge in [0, 0.05) is 41.6 Å². The van der Waals surface area contributed by atoms with Crippen LogP contribution in [0.2, 0.25) is 0 Å². The number of H-pyrrole nitrogens is 2. The molecule has 2 aromatic carbocycles. The molecule has 5 N–H and O–H groups in total. The van der Waals surface area contributed by atoms with Gasteiger partial charge < -0.3 is 10.7 Å². The Kier molecular flexibility index (Phi) is 5.62. The van der Waals surface area contributed by atoms with E-state index in [2.05, 4.69) is 29.9 Å². The van der Waals surface area contributed by atoms with Crippen LogP contribution in [0.5, 0.6) is 0 Å². The number of imidazole rings is 1. The summed E-state index contributed by atoms with van der Waals surface area (Å²) in [5, 5.41) is 8.37. The van der Waals surface area contributed by atoms with Gasteiger partial charge in [-0.1, -0.05) is 6.07 Å². The fourth-order valence-electron chi connectivity index (χ4n) is 4.37. The second-order valence-corrected chi connectivity index (χ2v) is 10.8. The zero-order valence-corrected chi connectivity index (χ0v) is 20.8. The van der Waals surface area contributed by atoms with E-state index in [0.717, 1.165) is 28.3 Å². The zero-order chi connectivity index (χ0) is 26.4. The Labute approximate surface area is 216 Å². The number of aromatic amines is 2. The Morgan fingerprint density at radius 1 is 0.947 bits per heavy atom. The van der Waals surface area contributed by atoms with Crippen molar-refractivity contribution in [2.24, 2.45) is 0 Å². The van der Waals surface area contributed by atoms with Crippen molar-refractivity contribution < 1.29 is 12.8 Å². The Morgan fingerprint density at radius 3 is 2.61 bits per heavy atom. The number of nitrogen functional groups attached to an aromatic ring is 1. The van der Waals surface area contributed by atoms with Gasteiger partial charge in [-0.25, -0.2) is 22.5 Å². The molecule has 6 aromatic rings. The van der Waals surface area contributed by atoms with Gasteiger partial charge in [-0.3, -0.25) is 15.1 Å². The number of anilines is 1. The lowest BCUT2D eigenvalue weighted by Gasteiger charge is -2.07. The van der Waals surface area contributed by atoms with Gasteiger partial charge in [0.15, 0.2) is 5.82 Å². The minimum Gasteiger partial charge on any atom is -0.397 e. The van der Waals surface area contributed by atoms with Crippen LogP contribution in [0.4, 0.5) is 10.1 Å². The molecular weight excluding hydrogens is 507 g/mol. The molecule has 0 saturated heterocycles. The molecule has 0 atom stereocenters. The predicted molar refractivity (Wildman–Crippen MR) is 144 cm³/mol. The SMILES string of the molecule is CS(=O)(=O)NCc1cc(F)cc(-c2cncc3[nH]c(-c4n[nH]c5ccc(-c6cncc(N)c6)cc45)nc23)c1. The first-order valence-corrected chi connectivity index (χ1v) is 13.4. The molecule has 4 aromatic heterocycles. The summed E-state index contributed by atoms with van der Waals surface area (Å²) >= 11 is 0. The van der Waals surface area contributed by atoms with Crippen molar-refractivity contribution in [2.75, 3.05) is 12.0 Å². The fraction of sp³-hybridized carbons (Fsp3) is 0.0769. The molecule has 10 nitrogen and oxygen atoms in total. The second kappa shape index (κ2) is 9.01. The van der Waals surface area contributed by atoms with Crippen molar-refractivity contribution in [3.05, 3.63) is 78.6 Å². The lowest BCUT2D eigenvalue weighted by Crippen LogP contribution is -2.21. The standard InChI is InChI=1S/C26H21FN8O2S/c1-38(36,37)31-9-14-4-16(6-18(27)5-14)21-12-30-13-23-24(21)33-26(32-23)25-20-8-15(2-3-22(20)34-35-25)17-7-19(28)11-29-10-17/h2-8,10-13,31H,9,28H2,1H3,(H,32,33)(H,34,35). The minimum absolute atomic E-state index is 0.0387. The molecule has 0 spiro atoms. The third kappa shape index (κ3) is 4.58. The number of nitrogens with one attached hydrogen (secondary N) is 3. The molecule has 0 radical (unpaired) electrons. The van der Waals surface area contributed by atoms with Crippen LogP contribution >= 0.6 is 0 Å². The summed E-state index contributed by atoms with van der Waals surface area (Å²) in [5.74, 6) is 0.0150. The van der Waals surface area contributed by atoms with Crippen molar-refractivity contribution >= 4 is 37.6 Å². The summed E-state index contributed by atoms with van der Waals surface area (Å²) in [5.41, 5.74) is 12.5. The van der Waals surface area contributed by atoms with Gasteiger partial charge in [0.25, 0.3) is 0 Å². The molecule has 0 bridgehead atoms. The van der Waals surface area contributed by atoms with Gasteiger partial charge in [-0.2, -0.15) is 5.10 Å². The van der Waals surface area contributed by atoms with Gasteiger partial charge in [0.2, 0.25) is 10.0 Å². The van der Waals surface area contributed by atoms with Crippen LogP contribution in [0, 0.1) is 5.82 Å². The molecule has 0 fully saturated rings. The molecule has 0 aliphatic rings. The zero-order valence-electron chi connectivity index (χ0n) is 20.0. The maximum Gasteiger partial charge on any atom is 0.209 e. The molecule has 12 heteroatoms. The van der Waals surface area contributed by atoms with Gasteiger partial charge >= 0.3 is 0 Å². The van der Waals surface area contributed by atoms with Crippen molar-refractivity contribution in [2.45, 2.75) is 6.54 Å². The molecule has 38 heavy (non-hydrogen) atoms. The van der Waals surface area contributed by atoms with E-state index < -0.39 is 15.8 Å². The predicted octanol–water partition coefficient (Wildman–Crippen LogP) is 4.00. The molecule has 0 unspecified atom stereocenters. The Bertz CT molecular complexity index is 1950. The number of sulfonamides is 1. The van der Waals surface area contributed by atoms with Crippen molar-refractivity contribution in [3.8, 4) is 33.8 Å². The van der Waals surface area contributed by atoms with Crippen molar-refractivity contribution in [1.82, 2.24) is 34.9 Å². The molecule has 0 aliphatic heterocycles. The molecule has 6 rings (SSSR count). The number of halogens is 1. The summed E-state index contributed by atoms with van der Waals surface area (Å²) < 4.78 is 39.9. The maximum atomic E-state index is 14.5. The van der Waals surface area contributed by atoms with Gasteiger partial charge in [-0.05, 0) is 53.1 Å². The first kappa shape index (κ1) is 23.7. The Hall–Kier alpha value is -4.68. The number of rotatable bonds is 6. The second-order valence-electron chi connectivity index (χ2n) is 8.95. The van der Waals surface area contributed by atoms with E-state index in [1.165, 1.54) is 12.1 Å². The summed E-state index contributed by atoms with van der Waals surface area (Å²) in [6, 6.07) is 12.1. The van der Waals surface area contributed by atoms with E-state index in [9.17, 15) is 12.8 Å². The number of fused-ring (bicyclic) bond motifs is 2. The monoisotopic (exact) mass is 528 g/mol. The lowest BCUT2D eigenvalue weighted by molar-refractivity contribution is 0.586. The first-order chi connectivity index (χ1) is 18.2. The highest BCUT2D eigenvalue weighted by atomic mass is 32.2. The summed E-state index contributed by atoms with van der Waals surface area (Å²) in [4.78, 5) is 16.5. The number of pyridine rings is 2. The van der Waals surface area contributed by atoms with Crippen molar-refractivity contribution in [3.63, 3.8) is 0 Å². The third-order valence-corrected chi connectivity index (χ3v) is 6.75. The summed E-state index contributed by atoms with van der Waals surface area (Å²) in [6.07, 6.45) is 7.63. The van der Waals surface area contributed by atoms with Crippen LogP contribution in [-0.4, -0.2) is 44.8 Å². The van der Waals surface area contributed by atoms with Gasteiger partial charge in [0.05, 0.1) is 34.7 Å². The molecule has 190 valence electrons. The van der Waals surface area contributed by atoms with E-state index in [4.69, 9.17) is 10.7 Å². The highest BCUT2D eigenvalue weighted by Gasteiger charge is 2.17. The van der Waals surface area contributed by atoms with E-state index >= 15 is 0 Å². The van der Waals surface area contributed by atoms with E-state index in [0.29, 0.717) is 44.9 Å². The van der Waals surface area contributed by atoms with E-state index in [-0.39, 0.29) is 6.54 Å². The molecule has 0 aliphatic carbocycles. The molecular formula is C26H21FN8O2S. The largest absolute Gasteiger partial charge is 0.397 e. The number of benzene rings is 2. The minimum atomic E-state index is -3.43. The maximum absolute atomic E-state index is 14.5. The van der Waals surface area contributed by atoms with Gasteiger partial charge in [-0.15, -0.1) is 0 Å². The van der Waals surface area contributed by atoms with E-state index in [1.54, 1.807) is 30.9 Å². The lowest BCUT2D eigenvalue weighted by atomic mass is 10.0. The normalized spacial score (nSPS) is 11.9. The average Bonchev–Trinajstić information content (AvgIpc) is 3.50. The Balaban J connectivity index is 1.43. The molecule has 0 saturated carbocycles. The number of nitrogens with zero attached hydrogens (tertiary/aromatic N) is 4. The van der Waals surface area contributed by atoms with E-state index in [1.807, 2.05) is 24.3 Å². The van der Waals surface area contributed by atoms with Crippen LogP contribution < -0.4 is 10.5 Å². The van der Waals surface area contributed by atoms with Crippen LogP contribution in [0.25, 0.3) is 55.7 Å². The van der Waals surface area contributed by atoms with Gasteiger partial charge in [0.1, 0.15) is 11.5 Å². The van der Waals surface area contributed by atoms with Crippen LogP contribution in [0.15, 0.2) is 67.3 Å². The summed E-state index contributed by atoms with van der Waals surface area (Å²) in [6.45, 7) is -0.0387. The fourth-order valence-corrected chi connectivity index (χ4v) is 4.80. The quantitative estimate of drug-likeness (QED) is 0.255. The van der Waals surface area contributed by atoms with Crippen LogP contribution in [-0.2, 0) is 16.6 Å². The summed E-state index contributed by atoms with van der Waals surface area (Å²) in [7, 11) is -3.43. The third-order valence-electron chi connectivity index (χ3n) is 6.08. The number of hydrogen-bond donors (Lipinski definition) is 4. The topological polar surface area (TPSA) is 155 Å². The first-order valence-electron chi connectivity index (χ1n) is 11.5. The molecule has 4 heterocycles.